The second-order valence-electron chi connectivity index (χ2n) is 9.71. The zero-order valence-corrected chi connectivity index (χ0v) is 20.7. The van der Waals surface area contributed by atoms with Crippen molar-refractivity contribution < 1.29 is 29.0 Å². The van der Waals surface area contributed by atoms with Gasteiger partial charge in [-0.15, -0.1) is 0 Å². The van der Waals surface area contributed by atoms with Crippen LogP contribution in [0.1, 0.15) is 53.7 Å². The second-order valence-corrected chi connectivity index (χ2v) is 9.71. The number of ether oxygens (including phenoxy) is 2. The van der Waals surface area contributed by atoms with E-state index >= 15 is 0 Å². The summed E-state index contributed by atoms with van der Waals surface area (Å²) in [5, 5.41) is 8.99. The Morgan fingerprint density at radius 3 is 2.47 bits per heavy atom. The van der Waals surface area contributed by atoms with Gasteiger partial charge in [0.15, 0.2) is 0 Å². The molecule has 0 saturated carbocycles. The van der Waals surface area contributed by atoms with Gasteiger partial charge in [0.05, 0.1) is 19.8 Å². The topological polar surface area (TPSA) is 122 Å². The standard InChI is InChI=1S/C27H33N3O6/c1-27(2,29-12-14-35-15-13-29)19-8-6-18(7-9-19)17-36-23-5-3-4-20-21(23)16-30(26(20)34)22(25(28)33)10-11-24(31)32/h3-9,22H,10-17H2,1-2H3,(H2,28,33)(H,31,32)/t22-/m0/s1. The molecule has 3 N–H and O–H groups in total. The zero-order valence-electron chi connectivity index (χ0n) is 20.7. The van der Waals surface area contributed by atoms with Crippen molar-refractivity contribution in [3.63, 3.8) is 0 Å². The lowest BCUT2D eigenvalue weighted by molar-refractivity contribution is -0.137. The average Bonchev–Trinajstić information content (AvgIpc) is 3.20. The predicted octanol–water partition coefficient (Wildman–Crippen LogP) is 2.51. The van der Waals surface area contributed by atoms with Gasteiger partial charge < -0.3 is 25.2 Å². The maximum Gasteiger partial charge on any atom is 0.303 e. The summed E-state index contributed by atoms with van der Waals surface area (Å²) in [6, 6.07) is 12.6. The van der Waals surface area contributed by atoms with Gasteiger partial charge in [-0.05, 0) is 43.5 Å². The maximum atomic E-state index is 13.0. The van der Waals surface area contributed by atoms with E-state index in [0.29, 0.717) is 23.5 Å². The van der Waals surface area contributed by atoms with Gasteiger partial charge in [0.2, 0.25) is 5.91 Å². The van der Waals surface area contributed by atoms with E-state index in [1.807, 2.05) is 12.1 Å². The smallest absolute Gasteiger partial charge is 0.303 e. The number of aliphatic carboxylic acids is 1. The number of carboxylic acid groups (broad SMARTS) is 1. The van der Waals surface area contributed by atoms with Crippen LogP contribution in [-0.2, 0) is 33.0 Å². The van der Waals surface area contributed by atoms with Gasteiger partial charge in [-0.25, -0.2) is 0 Å². The Kier molecular flexibility index (Phi) is 7.61. The van der Waals surface area contributed by atoms with E-state index in [-0.39, 0.29) is 30.8 Å². The van der Waals surface area contributed by atoms with Crippen molar-refractivity contribution in [3.8, 4) is 5.75 Å². The number of carboxylic acids is 1. The molecule has 1 saturated heterocycles. The van der Waals surface area contributed by atoms with Gasteiger partial charge >= 0.3 is 5.97 Å². The molecule has 2 aliphatic rings. The Bertz CT molecular complexity index is 1120. The highest BCUT2D eigenvalue weighted by Gasteiger charge is 2.37. The van der Waals surface area contributed by atoms with Crippen LogP contribution in [0.3, 0.4) is 0 Å². The number of carbonyl (C=O) groups is 3. The van der Waals surface area contributed by atoms with Gasteiger partial charge in [0, 0.05) is 36.2 Å². The first-order valence-electron chi connectivity index (χ1n) is 12.2. The van der Waals surface area contributed by atoms with Crippen molar-refractivity contribution in [2.24, 2.45) is 5.73 Å². The van der Waals surface area contributed by atoms with Crippen LogP contribution in [-0.4, -0.2) is 65.0 Å². The third-order valence-electron chi connectivity index (χ3n) is 7.15. The predicted molar refractivity (Wildman–Crippen MR) is 132 cm³/mol. The fraction of sp³-hybridized carbons (Fsp3) is 0.444. The van der Waals surface area contributed by atoms with E-state index in [1.54, 1.807) is 18.2 Å². The monoisotopic (exact) mass is 495 g/mol. The molecule has 9 nitrogen and oxygen atoms in total. The number of rotatable bonds is 10. The van der Waals surface area contributed by atoms with Crippen LogP contribution in [0.5, 0.6) is 5.75 Å². The summed E-state index contributed by atoms with van der Waals surface area (Å²) in [5.41, 5.74) is 8.72. The number of hydrogen-bond donors (Lipinski definition) is 2. The van der Waals surface area contributed by atoms with E-state index in [9.17, 15) is 14.4 Å². The largest absolute Gasteiger partial charge is 0.489 e. The number of nitrogens with two attached hydrogens (primary N) is 1. The van der Waals surface area contributed by atoms with Crippen molar-refractivity contribution in [2.75, 3.05) is 26.3 Å². The van der Waals surface area contributed by atoms with Crippen LogP contribution in [0, 0.1) is 0 Å². The van der Waals surface area contributed by atoms with Crippen LogP contribution >= 0.6 is 0 Å². The molecule has 0 bridgehead atoms. The Hall–Kier alpha value is -3.43. The number of primary amides is 1. The van der Waals surface area contributed by atoms with Gasteiger partial charge in [-0.3, -0.25) is 19.3 Å². The van der Waals surface area contributed by atoms with E-state index < -0.39 is 17.9 Å². The highest BCUT2D eigenvalue weighted by Crippen LogP contribution is 2.34. The summed E-state index contributed by atoms with van der Waals surface area (Å²) in [6.45, 7) is 8.20. The first-order chi connectivity index (χ1) is 17.2. The molecule has 4 rings (SSSR count). The molecule has 1 atom stereocenters. The fourth-order valence-electron chi connectivity index (χ4n) is 4.90. The molecule has 0 aliphatic carbocycles. The third-order valence-corrected chi connectivity index (χ3v) is 7.15. The van der Waals surface area contributed by atoms with Crippen molar-refractivity contribution in [1.82, 2.24) is 9.80 Å². The molecule has 0 radical (unpaired) electrons. The first-order valence-corrected chi connectivity index (χ1v) is 12.2. The lowest BCUT2D eigenvalue weighted by Gasteiger charge is -2.41. The summed E-state index contributed by atoms with van der Waals surface area (Å²) in [4.78, 5) is 39.7. The molecule has 2 amide bonds. The molecular weight excluding hydrogens is 462 g/mol. The molecule has 2 heterocycles. The van der Waals surface area contributed by atoms with E-state index in [0.717, 1.165) is 31.9 Å². The number of carbonyl (C=O) groups excluding carboxylic acids is 2. The SMILES string of the molecule is CC(C)(c1ccc(COc2cccc3c2CN([C@@H](CCC(=O)O)C(N)=O)C3=O)cc1)N1CCOCC1. The van der Waals surface area contributed by atoms with Gasteiger partial charge in [-0.1, -0.05) is 30.3 Å². The summed E-state index contributed by atoms with van der Waals surface area (Å²) in [6.07, 6.45) is -0.289. The minimum atomic E-state index is -1.05. The van der Waals surface area contributed by atoms with Crippen molar-refractivity contribution in [1.29, 1.82) is 0 Å². The number of amides is 2. The minimum Gasteiger partial charge on any atom is -0.489 e. The van der Waals surface area contributed by atoms with E-state index in [4.69, 9.17) is 20.3 Å². The minimum absolute atomic E-state index is 0.0340. The molecule has 0 aromatic heterocycles. The van der Waals surface area contributed by atoms with Crippen molar-refractivity contribution in [2.45, 2.75) is 51.4 Å². The number of benzene rings is 2. The Labute approximate surface area is 210 Å². The Morgan fingerprint density at radius 2 is 1.83 bits per heavy atom. The molecule has 1 fully saturated rings. The normalized spacial score (nSPS) is 17.1. The summed E-state index contributed by atoms with van der Waals surface area (Å²) >= 11 is 0. The molecule has 192 valence electrons. The number of morpholine rings is 1. The fourth-order valence-corrected chi connectivity index (χ4v) is 4.90. The van der Waals surface area contributed by atoms with E-state index in [2.05, 4.69) is 30.9 Å². The lowest BCUT2D eigenvalue weighted by atomic mass is 9.91. The maximum absolute atomic E-state index is 13.0. The van der Waals surface area contributed by atoms with Gasteiger partial charge in [-0.2, -0.15) is 0 Å². The van der Waals surface area contributed by atoms with Crippen molar-refractivity contribution in [3.05, 3.63) is 64.7 Å². The number of hydrogen-bond acceptors (Lipinski definition) is 6. The molecule has 2 aromatic rings. The Morgan fingerprint density at radius 1 is 1.14 bits per heavy atom. The van der Waals surface area contributed by atoms with Crippen LogP contribution < -0.4 is 10.5 Å². The highest BCUT2D eigenvalue weighted by molar-refractivity contribution is 6.01. The summed E-state index contributed by atoms with van der Waals surface area (Å²) in [7, 11) is 0. The van der Waals surface area contributed by atoms with Crippen LogP contribution in [0.25, 0.3) is 0 Å². The van der Waals surface area contributed by atoms with Crippen molar-refractivity contribution >= 4 is 17.8 Å². The van der Waals surface area contributed by atoms with Crippen LogP contribution in [0.2, 0.25) is 0 Å². The molecular formula is C27H33N3O6. The molecule has 0 spiro atoms. The quantitative estimate of drug-likeness (QED) is 0.519. The molecule has 9 heteroatoms. The van der Waals surface area contributed by atoms with Gasteiger partial charge in [0.25, 0.3) is 5.91 Å². The van der Waals surface area contributed by atoms with E-state index in [1.165, 1.54) is 10.5 Å². The number of nitrogens with zero attached hydrogens (tertiary/aromatic N) is 2. The third kappa shape index (κ3) is 5.37. The number of fused-ring (bicyclic) bond motifs is 1. The molecule has 2 aromatic carbocycles. The zero-order chi connectivity index (χ0) is 25.9. The van der Waals surface area contributed by atoms with Crippen LogP contribution in [0.4, 0.5) is 0 Å². The first kappa shape index (κ1) is 25.7. The Balaban J connectivity index is 1.44. The molecule has 2 aliphatic heterocycles. The summed E-state index contributed by atoms with van der Waals surface area (Å²) in [5.74, 6) is -1.56. The second kappa shape index (κ2) is 10.7. The highest BCUT2D eigenvalue weighted by atomic mass is 16.5. The molecule has 36 heavy (non-hydrogen) atoms. The molecule has 0 unspecified atom stereocenters. The average molecular weight is 496 g/mol. The summed E-state index contributed by atoms with van der Waals surface area (Å²) < 4.78 is 11.6. The lowest BCUT2D eigenvalue weighted by Crippen LogP contribution is -2.47. The van der Waals surface area contributed by atoms with Crippen LogP contribution in [0.15, 0.2) is 42.5 Å². The van der Waals surface area contributed by atoms with Gasteiger partial charge in [0.1, 0.15) is 18.4 Å².